The first-order chi connectivity index (χ1) is 6.63. The summed E-state index contributed by atoms with van der Waals surface area (Å²) in [5.74, 6) is 0.925. The van der Waals surface area contributed by atoms with Crippen molar-refractivity contribution in [2.45, 2.75) is 0 Å². The van der Waals surface area contributed by atoms with Gasteiger partial charge in [-0.25, -0.2) is 4.98 Å². The van der Waals surface area contributed by atoms with Crippen molar-refractivity contribution in [3.05, 3.63) is 22.3 Å². The maximum atomic E-state index is 5.58. The van der Waals surface area contributed by atoms with Gasteiger partial charge in [-0.3, -0.25) is 0 Å². The predicted molar refractivity (Wildman–Crippen MR) is 59.8 cm³/mol. The highest BCUT2D eigenvalue weighted by Crippen LogP contribution is 2.21. The van der Waals surface area contributed by atoms with Crippen molar-refractivity contribution in [3.8, 4) is 5.88 Å². The average molecular weight is 279 g/mol. The SMILES string of the molecule is C=C(Cl)CNc1ncc(Br)c(OC)n1. The zero-order valence-corrected chi connectivity index (χ0v) is 9.89. The van der Waals surface area contributed by atoms with Gasteiger partial charge in [-0.1, -0.05) is 18.2 Å². The summed E-state index contributed by atoms with van der Waals surface area (Å²) in [6.07, 6.45) is 1.60. The summed E-state index contributed by atoms with van der Waals surface area (Å²) in [4.78, 5) is 8.08. The largest absolute Gasteiger partial charge is 0.480 e. The molecule has 76 valence electrons. The second kappa shape index (κ2) is 5.17. The van der Waals surface area contributed by atoms with Gasteiger partial charge in [0, 0.05) is 5.03 Å². The first-order valence-electron chi connectivity index (χ1n) is 3.77. The summed E-state index contributed by atoms with van der Waals surface area (Å²) >= 11 is 8.83. The van der Waals surface area contributed by atoms with Crippen LogP contribution in [-0.4, -0.2) is 23.6 Å². The lowest BCUT2D eigenvalue weighted by Crippen LogP contribution is -2.05. The van der Waals surface area contributed by atoms with Crippen LogP contribution in [0.1, 0.15) is 0 Å². The number of hydrogen-bond acceptors (Lipinski definition) is 4. The van der Waals surface area contributed by atoms with E-state index >= 15 is 0 Å². The van der Waals surface area contributed by atoms with Crippen LogP contribution in [-0.2, 0) is 0 Å². The van der Waals surface area contributed by atoms with E-state index in [1.807, 2.05) is 0 Å². The minimum absolute atomic E-state index is 0.423. The molecule has 1 N–H and O–H groups in total. The van der Waals surface area contributed by atoms with Gasteiger partial charge in [0.25, 0.3) is 0 Å². The Kier molecular flexibility index (Phi) is 4.16. The lowest BCUT2D eigenvalue weighted by Gasteiger charge is -2.05. The summed E-state index contributed by atoms with van der Waals surface area (Å²) in [6, 6.07) is 0. The third kappa shape index (κ3) is 3.16. The minimum Gasteiger partial charge on any atom is -0.480 e. The Morgan fingerprint density at radius 3 is 3.07 bits per heavy atom. The molecule has 0 saturated carbocycles. The molecule has 6 heteroatoms. The molecule has 0 atom stereocenters. The number of nitrogens with one attached hydrogen (secondary N) is 1. The highest BCUT2D eigenvalue weighted by atomic mass is 79.9. The number of aromatic nitrogens is 2. The number of rotatable bonds is 4. The van der Waals surface area contributed by atoms with Crippen molar-refractivity contribution in [3.63, 3.8) is 0 Å². The minimum atomic E-state index is 0.423. The number of hydrogen-bond donors (Lipinski definition) is 1. The van der Waals surface area contributed by atoms with Gasteiger partial charge in [-0.2, -0.15) is 4.98 Å². The van der Waals surface area contributed by atoms with Crippen molar-refractivity contribution in [1.82, 2.24) is 9.97 Å². The van der Waals surface area contributed by atoms with Gasteiger partial charge in [0.15, 0.2) is 0 Å². The van der Waals surface area contributed by atoms with Crippen molar-refractivity contribution in [1.29, 1.82) is 0 Å². The molecule has 1 rings (SSSR count). The molecule has 0 saturated heterocycles. The smallest absolute Gasteiger partial charge is 0.232 e. The number of nitrogens with zero attached hydrogens (tertiary/aromatic N) is 2. The second-order valence-corrected chi connectivity index (χ2v) is 3.81. The van der Waals surface area contributed by atoms with Gasteiger partial charge < -0.3 is 10.1 Å². The van der Waals surface area contributed by atoms with Gasteiger partial charge >= 0.3 is 0 Å². The van der Waals surface area contributed by atoms with Crippen molar-refractivity contribution < 1.29 is 4.74 Å². The molecule has 1 aromatic rings. The summed E-state index contributed by atoms with van der Waals surface area (Å²) < 4.78 is 5.70. The van der Waals surface area contributed by atoms with Crippen LogP contribution in [0.3, 0.4) is 0 Å². The molecule has 0 aliphatic heterocycles. The molecule has 0 aliphatic rings. The molecule has 4 nitrogen and oxygen atoms in total. The van der Waals surface area contributed by atoms with Crippen LogP contribution in [0.5, 0.6) is 5.88 Å². The monoisotopic (exact) mass is 277 g/mol. The molecule has 1 aromatic heterocycles. The van der Waals surface area contributed by atoms with Gasteiger partial charge in [-0.05, 0) is 15.9 Å². The maximum absolute atomic E-state index is 5.58. The van der Waals surface area contributed by atoms with E-state index in [1.54, 1.807) is 6.20 Å². The van der Waals surface area contributed by atoms with Crippen molar-refractivity contribution in [2.75, 3.05) is 19.0 Å². The zero-order valence-electron chi connectivity index (χ0n) is 7.55. The number of methoxy groups -OCH3 is 1. The Balaban J connectivity index is 2.74. The van der Waals surface area contributed by atoms with E-state index in [4.69, 9.17) is 16.3 Å². The molecule has 0 bridgehead atoms. The second-order valence-electron chi connectivity index (χ2n) is 2.42. The summed E-state index contributed by atoms with van der Waals surface area (Å²) in [6.45, 7) is 3.96. The fourth-order valence-corrected chi connectivity index (χ4v) is 1.17. The van der Waals surface area contributed by atoms with E-state index in [0.29, 0.717) is 27.9 Å². The summed E-state index contributed by atoms with van der Waals surface area (Å²) in [5, 5.41) is 3.39. The zero-order chi connectivity index (χ0) is 10.6. The Labute approximate surface area is 95.5 Å². The molecule has 0 amide bonds. The number of halogens is 2. The Bertz CT molecular complexity index is 345. The molecular weight excluding hydrogens is 269 g/mol. The van der Waals surface area contributed by atoms with Gasteiger partial charge in [-0.15, -0.1) is 0 Å². The van der Waals surface area contributed by atoms with E-state index in [2.05, 4.69) is 37.8 Å². The Morgan fingerprint density at radius 2 is 2.50 bits per heavy atom. The van der Waals surface area contributed by atoms with Crippen LogP contribution in [0, 0.1) is 0 Å². The van der Waals surface area contributed by atoms with Crippen molar-refractivity contribution in [2.24, 2.45) is 0 Å². The molecule has 1 heterocycles. The maximum Gasteiger partial charge on any atom is 0.232 e. The third-order valence-electron chi connectivity index (χ3n) is 1.34. The van der Waals surface area contributed by atoms with Crippen LogP contribution < -0.4 is 10.1 Å². The molecule has 14 heavy (non-hydrogen) atoms. The van der Waals surface area contributed by atoms with Gasteiger partial charge in [0.2, 0.25) is 11.8 Å². The van der Waals surface area contributed by atoms with Crippen LogP contribution in [0.15, 0.2) is 22.3 Å². The molecule has 0 unspecified atom stereocenters. The number of ether oxygens (including phenoxy) is 1. The lowest BCUT2D eigenvalue weighted by molar-refractivity contribution is 0.394. The number of anilines is 1. The molecule has 0 radical (unpaired) electrons. The molecular formula is C8H9BrClN3O. The van der Waals surface area contributed by atoms with Crippen LogP contribution in [0.4, 0.5) is 5.95 Å². The molecule has 0 fully saturated rings. The molecule has 0 aromatic carbocycles. The predicted octanol–water partition coefficient (Wildman–Crippen LogP) is 2.41. The fraction of sp³-hybridized carbons (Fsp3) is 0.250. The topological polar surface area (TPSA) is 47.0 Å². The van der Waals surface area contributed by atoms with Crippen LogP contribution in [0.2, 0.25) is 0 Å². The van der Waals surface area contributed by atoms with E-state index < -0.39 is 0 Å². The van der Waals surface area contributed by atoms with Gasteiger partial charge in [0.05, 0.1) is 24.3 Å². The Morgan fingerprint density at radius 1 is 1.79 bits per heavy atom. The Hall–Kier alpha value is -0.810. The van der Waals surface area contributed by atoms with Crippen molar-refractivity contribution >= 4 is 33.5 Å². The average Bonchev–Trinajstić information content (AvgIpc) is 2.16. The summed E-state index contributed by atoms with van der Waals surface area (Å²) in [7, 11) is 1.54. The quantitative estimate of drug-likeness (QED) is 0.919. The third-order valence-corrected chi connectivity index (χ3v) is 2.02. The lowest BCUT2D eigenvalue weighted by atomic mass is 10.6. The molecule has 0 spiro atoms. The van der Waals surface area contributed by atoms with E-state index in [0.717, 1.165) is 0 Å². The van der Waals surface area contributed by atoms with Gasteiger partial charge in [0.1, 0.15) is 0 Å². The molecule has 0 aliphatic carbocycles. The van der Waals surface area contributed by atoms with E-state index in [1.165, 1.54) is 7.11 Å². The standard InChI is InChI=1S/C8H9BrClN3O/c1-5(10)3-11-8-12-4-6(9)7(13-8)14-2/h4H,1,3H2,2H3,(H,11,12,13). The van der Waals surface area contributed by atoms with E-state index in [9.17, 15) is 0 Å². The normalized spacial score (nSPS) is 9.64. The first kappa shape index (κ1) is 11.3. The highest BCUT2D eigenvalue weighted by molar-refractivity contribution is 9.10. The van der Waals surface area contributed by atoms with E-state index in [-0.39, 0.29) is 0 Å². The first-order valence-corrected chi connectivity index (χ1v) is 4.94. The van der Waals surface area contributed by atoms with Crippen LogP contribution in [0.25, 0.3) is 0 Å². The summed E-state index contributed by atoms with van der Waals surface area (Å²) in [5.41, 5.74) is 0. The fourth-order valence-electron chi connectivity index (χ4n) is 0.755. The van der Waals surface area contributed by atoms with Crippen LogP contribution >= 0.6 is 27.5 Å². The highest BCUT2D eigenvalue weighted by Gasteiger charge is 2.04.